The minimum atomic E-state index is 0. The van der Waals surface area contributed by atoms with Crippen molar-refractivity contribution >= 4 is 112 Å². The quantitative estimate of drug-likeness (QED) is 0.0433. The number of allylic oxidation sites excluding steroid dienone is 6. The molecular formula is C87H96Ir3N3O6S3-3. The minimum absolute atomic E-state index is 0. The summed E-state index contributed by atoms with van der Waals surface area (Å²) in [5, 5.41) is 35.7. The normalized spacial score (nSPS) is 11.4. The summed E-state index contributed by atoms with van der Waals surface area (Å²) in [5.41, 5.74) is 9.91. The van der Waals surface area contributed by atoms with E-state index in [2.05, 4.69) is 182 Å². The summed E-state index contributed by atoms with van der Waals surface area (Å²) in [6.45, 7) is 30.3. The number of benzene rings is 6. The van der Waals surface area contributed by atoms with Crippen LogP contribution in [0.5, 0.6) is 0 Å². The summed E-state index contributed by atoms with van der Waals surface area (Å²) >= 11 is 5.35. The molecule has 0 atom stereocenters. The molecule has 9 nitrogen and oxygen atoms in total. The molecule has 0 unspecified atom stereocenters. The molecule has 6 aromatic carbocycles. The molecule has 0 amide bonds. The van der Waals surface area contributed by atoms with Gasteiger partial charge in [-0.3, -0.25) is 19.4 Å². The van der Waals surface area contributed by atoms with E-state index in [0.29, 0.717) is 74.0 Å². The number of fused-ring (bicyclic) bond motifs is 9. The molecule has 0 aliphatic heterocycles. The zero-order chi connectivity index (χ0) is 71.9. The number of hydrogen-bond acceptors (Lipinski definition) is 12. The van der Waals surface area contributed by atoms with Crippen LogP contribution in [0.15, 0.2) is 200 Å². The average molecular weight is 1950 g/mol. The number of ketones is 3. The number of pyridine rings is 3. The number of aliphatic hydroxyl groups excluding tert-OH is 3. The smallest absolute Gasteiger partial charge is 0.159 e. The molecule has 0 bridgehead atoms. The first kappa shape index (κ1) is 87.4. The average Bonchev–Trinajstić information content (AvgIpc) is 1.66. The minimum Gasteiger partial charge on any atom is -0.512 e. The van der Waals surface area contributed by atoms with Gasteiger partial charge in [0.25, 0.3) is 0 Å². The van der Waals surface area contributed by atoms with Crippen LogP contribution in [0.2, 0.25) is 0 Å². The number of aryl methyl sites for hydroxylation is 3. The molecule has 12 rings (SSSR count). The standard InChI is InChI=1S/3C18H12NS.3C11H20O2.3Ir/c1-12-5-4-6-13(9-12)16-10-15-14-7-2-3-8-17(14)20-18(15)11-19-16;1-12-5-4-6-13(11-12)16-10-9-15-14-7-2-3-8-17(14)20-18(15)19-16;1-12-5-4-6-13(11-12)17-18-15(9-10-19-17)14-7-2-3-8-16(14)20-18;3*1-8(2)5-10(12)7-11(13)6-9(3)4;;;/h3*2-5,7-11H,1H3;3*7-9,12H,5-6H2,1-4H3;;;/q3*-1;;;;;;. The van der Waals surface area contributed by atoms with Gasteiger partial charge in [0.1, 0.15) is 4.83 Å². The summed E-state index contributed by atoms with van der Waals surface area (Å²) in [4.78, 5) is 48.7. The number of carbonyl (C=O) groups is 3. The second-order valence-corrected chi connectivity index (χ2v) is 30.8. The van der Waals surface area contributed by atoms with Gasteiger partial charge in [-0.2, -0.15) is 0 Å². The predicted molar refractivity (Wildman–Crippen MR) is 422 cm³/mol. The SMILES string of the molecule is CC(C)CC(=O)C=C(O)CC(C)C.CC(C)CC(=O)C=C(O)CC(C)C.CC(C)CC(=O)C=C(O)CC(C)C.Cc1cc[c-]c(-c2cc3c(cn2)sc2ccccc23)c1.Cc1cc[c-]c(-c2ccc3c(n2)sc2ccccc23)c1.Cc1cc[c-]c(-c2nccc3c2sc2ccccc23)c1.[Ir].[Ir].[Ir]. The van der Waals surface area contributed by atoms with Gasteiger partial charge in [0, 0.05) is 165 Å². The number of aromatic nitrogens is 3. The van der Waals surface area contributed by atoms with Crippen molar-refractivity contribution in [2.75, 3.05) is 0 Å². The largest absolute Gasteiger partial charge is 0.512 e. The zero-order valence-electron chi connectivity index (χ0n) is 61.2. The van der Waals surface area contributed by atoms with E-state index in [0.717, 1.165) is 38.6 Å². The zero-order valence-corrected chi connectivity index (χ0v) is 70.8. The Morgan fingerprint density at radius 1 is 0.392 bits per heavy atom. The van der Waals surface area contributed by atoms with Crippen molar-refractivity contribution in [3.05, 3.63) is 234 Å². The third-order valence-corrected chi connectivity index (χ3v) is 18.5. The summed E-state index contributed by atoms with van der Waals surface area (Å²) in [6.07, 6.45) is 11.3. The number of hydrogen-bond donors (Lipinski definition) is 3. The van der Waals surface area contributed by atoms with Crippen molar-refractivity contribution in [2.45, 2.75) is 142 Å². The molecular weight excluding hydrogens is 1860 g/mol. The van der Waals surface area contributed by atoms with E-state index in [1.807, 2.05) is 114 Å². The fourth-order valence-corrected chi connectivity index (χ4v) is 14.3. The molecule has 0 aliphatic rings. The van der Waals surface area contributed by atoms with Crippen LogP contribution in [0.3, 0.4) is 0 Å². The first-order chi connectivity index (χ1) is 47.2. The molecule has 0 fully saturated rings. The Morgan fingerprint density at radius 2 is 0.775 bits per heavy atom. The number of thiophene rings is 3. The Morgan fingerprint density at radius 3 is 1.22 bits per heavy atom. The maximum atomic E-state index is 11.2. The molecule has 12 aromatic rings. The maximum Gasteiger partial charge on any atom is 0.159 e. The van der Waals surface area contributed by atoms with Crippen LogP contribution in [0.4, 0.5) is 0 Å². The molecule has 15 heteroatoms. The van der Waals surface area contributed by atoms with Crippen LogP contribution >= 0.6 is 34.0 Å². The molecule has 0 saturated carbocycles. The Bertz CT molecular complexity index is 4650. The van der Waals surface area contributed by atoms with Gasteiger partial charge in [0.05, 0.1) is 22.0 Å². The number of carbonyl (C=O) groups excluding carboxylic acids is 3. The predicted octanol–water partition coefficient (Wildman–Crippen LogP) is 24.9. The molecule has 3 N–H and O–H groups in total. The van der Waals surface area contributed by atoms with Crippen molar-refractivity contribution in [3.8, 4) is 33.8 Å². The van der Waals surface area contributed by atoms with E-state index in [1.54, 1.807) is 34.0 Å². The van der Waals surface area contributed by atoms with Crippen molar-refractivity contribution in [3.63, 3.8) is 0 Å². The fraction of sp³-hybridized carbons (Fsp3) is 0.310. The van der Waals surface area contributed by atoms with E-state index in [4.69, 9.17) is 4.98 Å². The molecule has 6 heterocycles. The Hall–Kier alpha value is -6.99. The van der Waals surface area contributed by atoms with E-state index in [9.17, 15) is 29.7 Å². The van der Waals surface area contributed by atoms with Crippen LogP contribution in [0.25, 0.3) is 94.4 Å². The topological polar surface area (TPSA) is 151 Å². The molecule has 102 heavy (non-hydrogen) atoms. The molecule has 0 saturated heterocycles. The first-order valence-corrected chi connectivity index (χ1v) is 36.7. The summed E-state index contributed by atoms with van der Waals surface area (Å²) in [6, 6.07) is 62.4. The van der Waals surface area contributed by atoms with E-state index < -0.39 is 0 Å². The second kappa shape index (κ2) is 43.3. The van der Waals surface area contributed by atoms with Crippen molar-refractivity contribution in [1.29, 1.82) is 0 Å². The van der Waals surface area contributed by atoms with Gasteiger partial charge in [-0.05, 0) is 92.7 Å². The molecule has 6 aromatic heterocycles. The van der Waals surface area contributed by atoms with Gasteiger partial charge in [-0.15, -0.1) is 140 Å². The molecule has 3 radical (unpaired) electrons. The number of nitrogens with zero attached hydrogens (tertiary/aromatic N) is 3. The number of aliphatic hydroxyl groups is 3. The second-order valence-electron chi connectivity index (χ2n) is 27.7. The van der Waals surface area contributed by atoms with Gasteiger partial charge >= 0.3 is 0 Å². The maximum absolute atomic E-state index is 11.2. The van der Waals surface area contributed by atoms with Crippen LogP contribution in [0.1, 0.15) is 138 Å². The van der Waals surface area contributed by atoms with Crippen molar-refractivity contribution in [1.82, 2.24) is 15.0 Å². The fourth-order valence-electron chi connectivity index (χ4n) is 10.9. The van der Waals surface area contributed by atoms with Crippen LogP contribution in [0, 0.1) is 74.5 Å². The summed E-state index contributed by atoms with van der Waals surface area (Å²) in [5.74, 6) is 2.94. The van der Waals surface area contributed by atoms with Crippen LogP contribution < -0.4 is 0 Å². The third-order valence-electron chi connectivity index (χ3n) is 15.1. The van der Waals surface area contributed by atoms with Crippen LogP contribution in [-0.4, -0.2) is 47.6 Å². The van der Waals surface area contributed by atoms with E-state index in [1.165, 1.54) is 90.7 Å². The van der Waals surface area contributed by atoms with Crippen LogP contribution in [-0.2, 0) is 74.7 Å². The van der Waals surface area contributed by atoms with E-state index in [-0.39, 0.29) is 94.9 Å². The Balaban J connectivity index is 0.000000262. The van der Waals surface area contributed by atoms with Gasteiger partial charge in [0.2, 0.25) is 0 Å². The van der Waals surface area contributed by atoms with Gasteiger partial charge in [0.15, 0.2) is 17.3 Å². The van der Waals surface area contributed by atoms with E-state index >= 15 is 0 Å². The molecule has 0 spiro atoms. The number of rotatable bonds is 18. The molecule has 543 valence electrons. The van der Waals surface area contributed by atoms with Gasteiger partial charge in [-0.1, -0.05) is 177 Å². The third kappa shape index (κ3) is 27.9. The monoisotopic (exact) mass is 1950 g/mol. The summed E-state index contributed by atoms with van der Waals surface area (Å²) < 4.78 is 6.40. The van der Waals surface area contributed by atoms with Gasteiger partial charge < -0.3 is 25.3 Å². The Labute approximate surface area is 657 Å². The van der Waals surface area contributed by atoms with Gasteiger partial charge in [-0.25, -0.2) is 0 Å². The van der Waals surface area contributed by atoms with Crippen molar-refractivity contribution < 1.29 is 90.0 Å². The Kier molecular flexibility index (Phi) is 37.1. The summed E-state index contributed by atoms with van der Waals surface area (Å²) in [7, 11) is 0. The first-order valence-electron chi connectivity index (χ1n) is 34.2. The molecule has 0 aliphatic carbocycles. The van der Waals surface area contributed by atoms with Crippen molar-refractivity contribution in [2.24, 2.45) is 35.5 Å².